The molecule has 14 nitrogen and oxygen atoms in total. The zero-order valence-electron chi connectivity index (χ0n) is 30.6. The fourth-order valence-corrected chi connectivity index (χ4v) is 9.32. The van der Waals surface area contributed by atoms with Crippen LogP contribution < -0.4 is 5.32 Å². The van der Waals surface area contributed by atoms with E-state index in [0.29, 0.717) is 37.5 Å². The third kappa shape index (κ3) is 7.14. The fraction of sp³-hybridized carbons (Fsp3) is 0.692. The number of benzene rings is 1. The van der Waals surface area contributed by atoms with Crippen LogP contribution in [0.25, 0.3) is 6.08 Å². The molecule has 5 heterocycles. The summed E-state index contributed by atoms with van der Waals surface area (Å²) in [7, 11) is 0. The van der Waals surface area contributed by atoms with Crippen LogP contribution in [-0.4, -0.2) is 119 Å². The van der Waals surface area contributed by atoms with Crippen molar-refractivity contribution < 1.29 is 52.8 Å². The quantitative estimate of drug-likeness (QED) is 0.252. The highest BCUT2D eigenvalue weighted by Gasteiger charge is 2.75. The van der Waals surface area contributed by atoms with Gasteiger partial charge in [0.2, 0.25) is 11.8 Å². The maximum Gasteiger partial charge on any atom is 0.327 e. The number of ether oxygens (including phenoxy) is 5. The van der Waals surface area contributed by atoms with E-state index in [4.69, 9.17) is 28.5 Å². The van der Waals surface area contributed by atoms with Crippen LogP contribution in [0.15, 0.2) is 30.3 Å². The molecular formula is C39H51N3O11. The van der Waals surface area contributed by atoms with Crippen molar-refractivity contribution in [3.8, 4) is 0 Å². The second-order valence-electron chi connectivity index (χ2n) is 16.7. The van der Waals surface area contributed by atoms with Crippen molar-refractivity contribution in [1.29, 1.82) is 0 Å². The van der Waals surface area contributed by atoms with Crippen molar-refractivity contribution in [2.75, 3.05) is 19.9 Å². The summed E-state index contributed by atoms with van der Waals surface area (Å²) in [5.41, 5.74) is -0.0616. The number of nitrogens with one attached hydrogen (secondary N) is 1. The summed E-state index contributed by atoms with van der Waals surface area (Å²) in [6.45, 7) is 5.47. The lowest BCUT2D eigenvalue weighted by molar-refractivity contribution is -0.204. The maximum atomic E-state index is 15.0. The summed E-state index contributed by atoms with van der Waals surface area (Å²) >= 11 is 0. The van der Waals surface area contributed by atoms with Crippen molar-refractivity contribution in [1.82, 2.24) is 15.3 Å². The molecule has 14 heteroatoms. The van der Waals surface area contributed by atoms with Crippen molar-refractivity contribution in [3.63, 3.8) is 0 Å². The number of amides is 2. The SMILES string of the molecule is CC(C)(C)OC(=O)CC[C@@H](CO)NC(=O)[C@H]1CCCN1C(=O)[C@@]12C[C@H]3OC(=O)[C@@H]1N(Cc1ccc(C=CC4CCC5OC5C4)cc1)O[C@@H]2[C@H]1OCO[C@H]13. The molecule has 8 rings (SSSR count). The Labute approximate surface area is 309 Å². The summed E-state index contributed by atoms with van der Waals surface area (Å²) in [5, 5.41) is 14.5. The number of carbonyl (C=O) groups is 4. The molecule has 1 aromatic rings. The average Bonchev–Trinajstić information content (AvgIpc) is 3.43. The molecule has 0 spiro atoms. The number of hydrogen-bond donors (Lipinski definition) is 2. The summed E-state index contributed by atoms with van der Waals surface area (Å²) < 4.78 is 28.9. The third-order valence-electron chi connectivity index (χ3n) is 11.9. The number of hydroxylamine groups is 2. The molecule has 0 aromatic heterocycles. The normalized spacial score (nSPS) is 36.5. The molecular weight excluding hydrogens is 686 g/mol. The van der Waals surface area contributed by atoms with Crippen LogP contribution in [0.5, 0.6) is 0 Å². The first-order valence-corrected chi connectivity index (χ1v) is 19.2. The van der Waals surface area contributed by atoms with Gasteiger partial charge in [0.1, 0.15) is 48.3 Å². The van der Waals surface area contributed by atoms with Gasteiger partial charge in [-0.1, -0.05) is 36.4 Å². The van der Waals surface area contributed by atoms with E-state index in [-0.39, 0.29) is 45.1 Å². The number of fused-ring (bicyclic) bond motifs is 5. The van der Waals surface area contributed by atoms with E-state index in [2.05, 4.69) is 17.5 Å². The number of likely N-dealkylation sites (tertiary alicyclic amines) is 1. The maximum absolute atomic E-state index is 15.0. The number of nitrogens with zero attached hydrogens (tertiary/aromatic N) is 2. The van der Waals surface area contributed by atoms with Gasteiger partial charge in [0, 0.05) is 19.4 Å². The van der Waals surface area contributed by atoms with Crippen LogP contribution in [0.4, 0.5) is 0 Å². The first-order valence-electron chi connectivity index (χ1n) is 19.2. The highest BCUT2D eigenvalue weighted by atomic mass is 16.8. The highest BCUT2D eigenvalue weighted by molar-refractivity contribution is 5.96. The number of aliphatic hydroxyl groups excluding tert-OH is 1. The first-order chi connectivity index (χ1) is 25.4. The number of hydrogen-bond acceptors (Lipinski definition) is 12. The second-order valence-corrected chi connectivity index (χ2v) is 16.7. The average molecular weight is 738 g/mol. The van der Waals surface area contributed by atoms with E-state index < -0.39 is 71.4 Å². The molecule has 1 aromatic carbocycles. The molecule has 11 atom stereocenters. The standard InChI is InChI=1S/C39H51N3O11/c1-38(2,3)52-30(44)15-13-25(20-43)40-35(45)26-5-4-16-41(26)37(47)39-18-29-31-32(49-21-48-31)34(39)53-42(33(39)36(46)51-29)19-24-10-7-22(8-11-24)6-9-23-12-14-27-28(17-23)50-27/h6-11,23,25-29,31-34,43H,4-5,12-21H2,1-3H3,(H,40,45)/t23?,25-,26+,27?,28?,29+,31-,32-,33-,34+,39-/m0/s1. The molecule has 2 bridgehead atoms. The zero-order valence-corrected chi connectivity index (χ0v) is 30.6. The van der Waals surface area contributed by atoms with Crippen molar-refractivity contribution >= 4 is 29.8 Å². The molecule has 2 amide bonds. The number of rotatable bonds is 11. The predicted molar refractivity (Wildman–Crippen MR) is 186 cm³/mol. The lowest BCUT2D eigenvalue weighted by atomic mass is 9.62. The van der Waals surface area contributed by atoms with Crippen molar-refractivity contribution in [2.45, 2.75) is 139 Å². The van der Waals surface area contributed by atoms with Crippen LogP contribution >= 0.6 is 0 Å². The lowest BCUT2D eigenvalue weighted by Crippen LogP contribution is -2.70. The van der Waals surface area contributed by atoms with Gasteiger partial charge in [0.15, 0.2) is 6.04 Å². The second kappa shape index (κ2) is 14.3. The molecule has 5 saturated heterocycles. The summed E-state index contributed by atoms with van der Waals surface area (Å²) in [5.74, 6) is -1.26. The van der Waals surface area contributed by atoms with E-state index in [1.54, 1.807) is 30.7 Å². The van der Waals surface area contributed by atoms with E-state index >= 15 is 4.79 Å². The van der Waals surface area contributed by atoms with Gasteiger partial charge in [-0.15, -0.1) is 0 Å². The van der Waals surface area contributed by atoms with E-state index in [0.717, 1.165) is 30.4 Å². The molecule has 288 valence electrons. The van der Waals surface area contributed by atoms with Gasteiger partial charge in [-0.3, -0.25) is 24.0 Å². The fourth-order valence-electron chi connectivity index (χ4n) is 9.32. The largest absolute Gasteiger partial charge is 0.460 e. The Hall–Kier alpha value is -3.40. The van der Waals surface area contributed by atoms with E-state index in [1.165, 1.54) is 0 Å². The number of aliphatic hydroxyl groups is 1. The third-order valence-corrected chi connectivity index (χ3v) is 11.9. The zero-order chi connectivity index (χ0) is 37.1. The Balaban J connectivity index is 0.987. The Morgan fingerprint density at radius 1 is 1.08 bits per heavy atom. The summed E-state index contributed by atoms with van der Waals surface area (Å²) in [6.07, 6.45) is 7.23. The number of allylic oxidation sites excluding steroid dienone is 1. The Kier molecular flexibility index (Phi) is 9.90. The van der Waals surface area contributed by atoms with Gasteiger partial charge in [0.05, 0.1) is 31.4 Å². The van der Waals surface area contributed by atoms with Crippen LogP contribution in [0.3, 0.4) is 0 Å². The Morgan fingerprint density at radius 2 is 1.87 bits per heavy atom. The number of carbonyl (C=O) groups excluding carboxylic acids is 4. The summed E-state index contributed by atoms with van der Waals surface area (Å²) in [6, 6.07) is 5.46. The molecule has 3 unspecified atom stereocenters. The minimum atomic E-state index is -1.38. The van der Waals surface area contributed by atoms with Gasteiger partial charge < -0.3 is 39.0 Å². The highest BCUT2D eigenvalue weighted by Crippen LogP contribution is 2.56. The number of epoxide rings is 1. The molecule has 2 saturated carbocycles. The smallest absolute Gasteiger partial charge is 0.327 e. The van der Waals surface area contributed by atoms with Gasteiger partial charge in [-0.2, -0.15) is 5.06 Å². The van der Waals surface area contributed by atoms with Crippen LogP contribution in [0.2, 0.25) is 0 Å². The Morgan fingerprint density at radius 3 is 2.62 bits per heavy atom. The Bertz CT molecular complexity index is 1610. The summed E-state index contributed by atoms with van der Waals surface area (Å²) in [4.78, 5) is 63.2. The molecule has 7 fully saturated rings. The van der Waals surface area contributed by atoms with E-state index in [9.17, 15) is 19.5 Å². The van der Waals surface area contributed by atoms with E-state index in [1.807, 2.05) is 24.3 Å². The van der Waals surface area contributed by atoms with Gasteiger partial charge >= 0.3 is 11.9 Å². The molecule has 2 aliphatic carbocycles. The lowest BCUT2D eigenvalue weighted by Gasteiger charge is -2.50. The van der Waals surface area contributed by atoms with Gasteiger partial charge in [-0.25, -0.2) is 0 Å². The molecule has 53 heavy (non-hydrogen) atoms. The van der Waals surface area contributed by atoms with Crippen molar-refractivity contribution in [2.24, 2.45) is 11.3 Å². The predicted octanol–water partition coefficient (Wildman–Crippen LogP) is 2.40. The molecule has 2 N–H and O–H groups in total. The monoisotopic (exact) mass is 737 g/mol. The van der Waals surface area contributed by atoms with Gasteiger partial charge in [0.25, 0.3) is 0 Å². The van der Waals surface area contributed by atoms with Crippen LogP contribution in [0.1, 0.15) is 83.3 Å². The minimum absolute atomic E-state index is 0.0110. The van der Waals surface area contributed by atoms with Crippen LogP contribution in [-0.2, 0) is 54.2 Å². The topological polar surface area (TPSA) is 166 Å². The first kappa shape index (κ1) is 36.6. The molecule has 5 aliphatic heterocycles. The minimum Gasteiger partial charge on any atom is -0.460 e. The number of esters is 2. The van der Waals surface area contributed by atoms with Crippen LogP contribution in [0, 0.1) is 11.3 Å². The van der Waals surface area contributed by atoms with Crippen molar-refractivity contribution in [3.05, 3.63) is 41.5 Å². The van der Waals surface area contributed by atoms with Gasteiger partial charge in [-0.05, 0) is 76.3 Å². The molecule has 0 radical (unpaired) electrons. The molecule has 7 aliphatic rings.